The lowest BCUT2D eigenvalue weighted by Gasteiger charge is -2.45. The summed E-state index contributed by atoms with van der Waals surface area (Å²) in [6.07, 6.45) is 4.43. The van der Waals surface area contributed by atoms with Crippen molar-refractivity contribution in [2.75, 3.05) is 20.6 Å². The van der Waals surface area contributed by atoms with Crippen molar-refractivity contribution < 1.29 is 10.2 Å². The number of benzene rings is 1. The summed E-state index contributed by atoms with van der Waals surface area (Å²) >= 11 is 6.09. The van der Waals surface area contributed by atoms with Crippen molar-refractivity contribution in [3.05, 3.63) is 28.8 Å². The first-order valence-corrected chi connectivity index (χ1v) is 8.13. The van der Waals surface area contributed by atoms with Crippen molar-refractivity contribution >= 4 is 11.6 Å². The van der Waals surface area contributed by atoms with Crippen LogP contribution in [0.3, 0.4) is 0 Å². The molecule has 0 saturated heterocycles. The summed E-state index contributed by atoms with van der Waals surface area (Å²) in [7, 11) is 4.10. The number of rotatable bonds is 3. The standard InChI is InChI=1S/C17H24ClNO2/c1-19(2)10-16-12-4-3-11(5-12)9-17(16,21)13-6-14(18)8-15(20)7-13/h6-8,11-12,16,20-21H,3-5,9-10H2,1-2H3/t11-,12+,16-,17-/m0/s1. The lowest BCUT2D eigenvalue weighted by Crippen LogP contribution is -2.47. The van der Waals surface area contributed by atoms with Crippen molar-refractivity contribution in [2.24, 2.45) is 17.8 Å². The van der Waals surface area contributed by atoms with Gasteiger partial charge in [0.25, 0.3) is 0 Å². The molecule has 2 N–H and O–H groups in total. The smallest absolute Gasteiger partial charge is 0.117 e. The maximum Gasteiger partial charge on any atom is 0.117 e. The molecule has 0 aromatic heterocycles. The van der Waals surface area contributed by atoms with Gasteiger partial charge in [-0.15, -0.1) is 0 Å². The van der Waals surface area contributed by atoms with Crippen LogP contribution < -0.4 is 0 Å². The molecule has 0 unspecified atom stereocenters. The van der Waals surface area contributed by atoms with Crippen LogP contribution in [0.2, 0.25) is 5.02 Å². The number of fused-ring (bicyclic) bond motifs is 2. The van der Waals surface area contributed by atoms with Gasteiger partial charge < -0.3 is 15.1 Å². The Morgan fingerprint density at radius 3 is 2.71 bits per heavy atom. The molecule has 3 rings (SSSR count). The van der Waals surface area contributed by atoms with Crippen LogP contribution in [-0.2, 0) is 5.60 Å². The Morgan fingerprint density at radius 1 is 1.29 bits per heavy atom. The summed E-state index contributed by atoms with van der Waals surface area (Å²) in [5.41, 5.74) is -0.104. The molecule has 0 aliphatic heterocycles. The molecule has 2 saturated carbocycles. The predicted molar refractivity (Wildman–Crippen MR) is 84.5 cm³/mol. The molecule has 3 nitrogen and oxygen atoms in total. The van der Waals surface area contributed by atoms with Gasteiger partial charge in [0.1, 0.15) is 5.75 Å². The lowest BCUT2D eigenvalue weighted by atomic mass is 9.66. The van der Waals surface area contributed by atoms with E-state index in [2.05, 4.69) is 19.0 Å². The molecular weight excluding hydrogens is 286 g/mol. The molecule has 0 amide bonds. The molecule has 116 valence electrons. The minimum atomic E-state index is -0.878. The zero-order chi connectivity index (χ0) is 15.2. The number of aliphatic hydroxyl groups is 1. The first-order chi connectivity index (χ1) is 9.88. The molecule has 0 spiro atoms. The number of phenols is 1. The summed E-state index contributed by atoms with van der Waals surface area (Å²) < 4.78 is 0. The second-order valence-electron chi connectivity index (χ2n) is 7.13. The fourth-order valence-electron chi connectivity index (χ4n) is 4.50. The molecule has 2 aliphatic carbocycles. The van der Waals surface area contributed by atoms with Crippen molar-refractivity contribution in [2.45, 2.75) is 31.3 Å². The van der Waals surface area contributed by atoms with Crippen LogP contribution in [0.25, 0.3) is 0 Å². The Kier molecular flexibility index (Phi) is 3.93. The zero-order valence-corrected chi connectivity index (χ0v) is 13.5. The van der Waals surface area contributed by atoms with Crippen LogP contribution in [0.5, 0.6) is 5.75 Å². The van der Waals surface area contributed by atoms with Crippen LogP contribution in [0, 0.1) is 17.8 Å². The Labute approximate surface area is 131 Å². The molecule has 1 aromatic rings. The van der Waals surface area contributed by atoms with E-state index < -0.39 is 5.60 Å². The number of phenolic OH excluding ortho intramolecular Hbond substituents is 1. The van der Waals surface area contributed by atoms with Gasteiger partial charge in [0, 0.05) is 17.5 Å². The highest BCUT2D eigenvalue weighted by molar-refractivity contribution is 6.30. The van der Waals surface area contributed by atoms with Crippen LogP contribution in [0.4, 0.5) is 0 Å². The third-order valence-electron chi connectivity index (χ3n) is 5.31. The summed E-state index contributed by atoms with van der Waals surface area (Å²) in [6.45, 7) is 0.862. The van der Waals surface area contributed by atoms with Gasteiger partial charge >= 0.3 is 0 Å². The molecule has 2 fully saturated rings. The van der Waals surface area contributed by atoms with E-state index in [1.54, 1.807) is 6.07 Å². The average molecular weight is 310 g/mol. The summed E-state index contributed by atoms with van der Waals surface area (Å²) in [4.78, 5) is 2.15. The number of hydrogen-bond acceptors (Lipinski definition) is 3. The second kappa shape index (κ2) is 5.45. The van der Waals surface area contributed by atoms with Crippen LogP contribution >= 0.6 is 11.6 Å². The van der Waals surface area contributed by atoms with E-state index in [1.165, 1.54) is 25.3 Å². The number of aromatic hydroxyl groups is 1. The Hall–Kier alpha value is -0.770. The van der Waals surface area contributed by atoms with E-state index in [4.69, 9.17) is 11.6 Å². The largest absolute Gasteiger partial charge is 0.508 e. The third kappa shape index (κ3) is 2.79. The molecule has 1 aromatic carbocycles. The van der Waals surface area contributed by atoms with Crippen LogP contribution in [0.15, 0.2) is 18.2 Å². The lowest BCUT2D eigenvalue weighted by molar-refractivity contribution is -0.0892. The number of hydrogen-bond donors (Lipinski definition) is 2. The van der Waals surface area contributed by atoms with E-state index in [-0.39, 0.29) is 11.7 Å². The first-order valence-electron chi connectivity index (χ1n) is 7.75. The predicted octanol–water partition coefficient (Wildman–Crippen LogP) is 3.23. The van der Waals surface area contributed by atoms with E-state index in [0.717, 1.165) is 18.5 Å². The van der Waals surface area contributed by atoms with Crippen LogP contribution in [0.1, 0.15) is 31.2 Å². The highest BCUT2D eigenvalue weighted by Crippen LogP contribution is 2.54. The maximum atomic E-state index is 11.5. The SMILES string of the molecule is CN(C)C[C@H]1[C@@H]2CC[C@@H](C2)C[C@]1(O)c1cc(O)cc(Cl)c1. The molecule has 0 radical (unpaired) electrons. The molecular formula is C17H24ClNO2. The van der Waals surface area contributed by atoms with E-state index in [0.29, 0.717) is 16.9 Å². The number of nitrogens with zero attached hydrogens (tertiary/aromatic N) is 1. The number of halogens is 1. The van der Waals surface area contributed by atoms with Gasteiger partial charge in [0.05, 0.1) is 5.60 Å². The summed E-state index contributed by atoms with van der Waals surface area (Å²) in [5.74, 6) is 1.49. The summed E-state index contributed by atoms with van der Waals surface area (Å²) in [6, 6.07) is 5.01. The molecule has 2 aliphatic rings. The normalized spacial score (nSPS) is 35.4. The average Bonchev–Trinajstić information content (AvgIpc) is 2.77. The van der Waals surface area contributed by atoms with Gasteiger partial charge in [0.2, 0.25) is 0 Å². The van der Waals surface area contributed by atoms with E-state index in [1.807, 2.05) is 6.07 Å². The third-order valence-corrected chi connectivity index (χ3v) is 5.53. The monoisotopic (exact) mass is 309 g/mol. The Morgan fingerprint density at radius 2 is 2.05 bits per heavy atom. The van der Waals surface area contributed by atoms with Gasteiger partial charge in [-0.25, -0.2) is 0 Å². The van der Waals surface area contributed by atoms with Crippen LogP contribution in [-0.4, -0.2) is 35.8 Å². The van der Waals surface area contributed by atoms with Crippen molar-refractivity contribution in [3.8, 4) is 5.75 Å². The molecule has 0 heterocycles. The topological polar surface area (TPSA) is 43.7 Å². The van der Waals surface area contributed by atoms with Gasteiger partial charge in [-0.05, 0) is 69.0 Å². The van der Waals surface area contributed by atoms with Gasteiger partial charge in [-0.3, -0.25) is 0 Å². The molecule has 2 bridgehead atoms. The quantitative estimate of drug-likeness (QED) is 0.901. The van der Waals surface area contributed by atoms with Crippen molar-refractivity contribution in [1.29, 1.82) is 0 Å². The van der Waals surface area contributed by atoms with Gasteiger partial charge in [-0.1, -0.05) is 18.0 Å². The Balaban J connectivity index is 2.02. The zero-order valence-electron chi connectivity index (χ0n) is 12.7. The fraction of sp³-hybridized carbons (Fsp3) is 0.647. The van der Waals surface area contributed by atoms with Gasteiger partial charge in [0.15, 0.2) is 0 Å². The maximum absolute atomic E-state index is 11.5. The highest BCUT2D eigenvalue weighted by Gasteiger charge is 2.51. The minimum absolute atomic E-state index is 0.132. The van der Waals surface area contributed by atoms with Crippen molar-refractivity contribution in [1.82, 2.24) is 4.90 Å². The fourth-order valence-corrected chi connectivity index (χ4v) is 4.72. The molecule has 4 atom stereocenters. The Bertz CT molecular complexity index is 513. The van der Waals surface area contributed by atoms with Gasteiger partial charge in [-0.2, -0.15) is 0 Å². The van der Waals surface area contributed by atoms with E-state index in [9.17, 15) is 10.2 Å². The second-order valence-corrected chi connectivity index (χ2v) is 7.57. The summed E-state index contributed by atoms with van der Waals surface area (Å²) in [5, 5.41) is 21.8. The molecule has 4 heteroatoms. The minimum Gasteiger partial charge on any atom is -0.508 e. The first kappa shape index (κ1) is 15.1. The van der Waals surface area contributed by atoms with E-state index >= 15 is 0 Å². The van der Waals surface area contributed by atoms with Crippen molar-refractivity contribution in [3.63, 3.8) is 0 Å². The highest BCUT2D eigenvalue weighted by atomic mass is 35.5. The molecule has 21 heavy (non-hydrogen) atoms.